The molecule has 1 aromatic carbocycles. The standard InChI is InChI=1S/C7H4FNO4.K.H/c8-4-1-2-6(9(12)13)5(3-4)7(10)11;;/h1-3H,(H,10,11);;. The predicted octanol–water partition coefficient (Wildman–Crippen LogP) is 0.784. The summed E-state index contributed by atoms with van der Waals surface area (Å²) in [7, 11) is 0. The number of nitro groups is 1. The molecule has 1 aromatic rings. The number of nitrogens with zero attached hydrogens (tertiary/aromatic N) is 1. The first-order valence-electron chi connectivity index (χ1n) is 3.19. The Kier molecular flexibility index (Phi) is 5.38. The molecule has 0 atom stereocenters. The second-order valence-electron chi connectivity index (χ2n) is 2.22. The van der Waals surface area contributed by atoms with Crippen LogP contribution in [0.3, 0.4) is 0 Å². The molecule has 0 aliphatic rings. The maximum absolute atomic E-state index is 12.5. The molecule has 0 bridgehead atoms. The van der Waals surface area contributed by atoms with E-state index in [4.69, 9.17) is 5.11 Å². The molecule has 0 fully saturated rings. The van der Waals surface area contributed by atoms with E-state index in [2.05, 4.69) is 0 Å². The summed E-state index contributed by atoms with van der Waals surface area (Å²) in [5.41, 5.74) is -1.26. The predicted molar refractivity (Wildman–Crippen MR) is 47.2 cm³/mol. The van der Waals surface area contributed by atoms with Gasteiger partial charge in [-0.05, 0) is 12.1 Å². The van der Waals surface area contributed by atoms with Crippen molar-refractivity contribution in [3.8, 4) is 0 Å². The molecule has 1 rings (SSSR count). The maximum atomic E-state index is 12.5. The van der Waals surface area contributed by atoms with Crippen LogP contribution in [0.1, 0.15) is 10.4 Å². The Morgan fingerprint density at radius 3 is 2.50 bits per heavy atom. The number of hydrogen-bond acceptors (Lipinski definition) is 3. The third-order valence-electron chi connectivity index (χ3n) is 1.39. The van der Waals surface area contributed by atoms with Crippen LogP contribution in [0, 0.1) is 15.9 Å². The number of carboxylic acid groups (broad SMARTS) is 1. The fourth-order valence-electron chi connectivity index (χ4n) is 0.839. The first kappa shape index (κ1) is 13.7. The van der Waals surface area contributed by atoms with Gasteiger partial charge in [-0.15, -0.1) is 0 Å². The molecule has 70 valence electrons. The summed E-state index contributed by atoms with van der Waals surface area (Å²) in [5, 5.41) is 18.7. The normalized spacial score (nSPS) is 8.93. The second kappa shape index (κ2) is 5.52. The van der Waals surface area contributed by atoms with Gasteiger partial charge >= 0.3 is 57.4 Å². The number of benzene rings is 1. The Labute approximate surface area is 120 Å². The van der Waals surface area contributed by atoms with Crippen LogP contribution in [0.15, 0.2) is 18.2 Å². The third kappa shape index (κ3) is 3.10. The monoisotopic (exact) mass is 225 g/mol. The second-order valence-corrected chi connectivity index (χ2v) is 2.22. The van der Waals surface area contributed by atoms with Crippen molar-refractivity contribution in [1.82, 2.24) is 0 Å². The van der Waals surface area contributed by atoms with Crippen LogP contribution >= 0.6 is 0 Å². The fourth-order valence-corrected chi connectivity index (χ4v) is 0.839. The van der Waals surface area contributed by atoms with E-state index in [0.29, 0.717) is 6.07 Å². The molecule has 0 radical (unpaired) electrons. The number of halogens is 1. The van der Waals surface area contributed by atoms with E-state index in [1.807, 2.05) is 0 Å². The van der Waals surface area contributed by atoms with Gasteiger partial charge in [-0.1, -0.05) is 0 Å². The van der Waals surface area contributed by atoms with E-state index >= 15 is 0 Å². The van der Waals surface area contributed by atoms with Gasteiger partial charge in [0.1, 0.15) is 11.4 Å². The molecule has 0 aliphatic carbocycles. The van der Waals surface area contributed by atoms with Crippen LogP contribution in [0.25, 0.3) is 0 Å². The molecule has 14 heavy (non-hydrogen) atoms. The Morgan fingerprint density at radius 2 is 2.07 bits per heavy atom. The Morgan fingerprint density at radius 1 is 1.50 bits per heavy atom. The van der Waals surface area contributed by atoms with E-state index in [-0.39, 0.29) is 51.4 Å². The third-order valence-corrected chi connectivity index (χ3v) is 1.39. The van der Waals surface area contributed by atoms with Gasteiger partial charge in [0, 0.05) is 6.07 Å². The molecule has 0 aromatic heterocycles. The summed E-state index contributed by atoms with van der Waals surface area (Å²) >= 11 is 0. The zero-order valence-corrected chi connectivity index (χ0v) is 6.23. The number of rotatable bonds is 2. The molecule has 5 nitrogen and oxygen atoms in total. The van der Waals surface area contributed by atoms with Crippen molar-refractivity contribution in [3.63, 3.8) is 0 Å². The SMILES string of the molecule is O=C(O)c1cc(F)ccc1[N+](=O)[O-].[KH]. The average molecular weight is 225 g/mol. The van der Waals surface area contributed by atoms with Gasteiger partial charge in [-0.3, -0.25) is 10.1 Å². The summed E-state index contributed by atoms with van der Waals surface area (Å²) in [5.74, 6) is -2.34. The van der Waals surface area contributed by atoms with E-state index in [9.17, 15) is 19.3 Å². The molecule has 7 heteroatoms. The molecule has 0 amide bonds. The fraction of sp³-hybridized carbons (Fsp3) is 0. The molecule has 0 spiro atoms. The minimum atomic E-state index is -1.52. The summed E-state index contributed by atoms with van der Waals surface area (Å²) < 4.78 is 12.5. The number of carboxylic acids is 1. The van der Waals surface area contributed by atoms with Crippen molar-refractivity contribution in [3.05, 3.63) is 39.7 Å². The van der Waals surface area contributed by atoms with E-state index in [0.717, 1.165) is 12.1 Å². The van der Waals surface area contributed by atoms with Gasteiger partial charge in [-0.25, -0.2) is 9.18 Å². The van der Waals surface area contributed by atoms with Crippen molar-refractivity contribution in [1.29, 1.82) is 0 Å². The van der Waals surface area contributed by atoms with Crippen LogP contribution in [-0.4, -0.2) is 67.4 Å². The Bertz CT molecular complexity index is 382. The molecule has 0 aliphatic heterocycles. The van der Waals surface area contributed by atoms with Crippen LogP contribution in [0.4, 0.5) is 10.1 Å². The van der Waals surface area contributed by atoms with Crippen LogP contribution < -0.4 is 0 Å². The van der Waals surface area contributed by atoms with Crippen molar-refractivity contribution in [2.75, 3.05) is 0 Å². The zero-order chi connectivity index (χ0) is 10.0. The molecular formula is C7H5FKNO4. The Hall–Kier alpha value is -0.344. The molecule has 1 N–H and O–H groups in total. The van der Waals surface area contributed by atoms with Crippen LogP contribution in [-0.2, 0) is 0 Å². The van der Waals surface area contributed by atoms with Crippen LogP contribution in [0.2, 0.25) is 0 Å². The number of hydrogen-bond donors (Lipinski definition) is 1. The Balaban J connectivity index is 0.00000169. The topological polar surface area (TPSA) is 80.4 Å². The summed E-state index contributed by atoms with van der Waals surface area (Å²) in [6.45, 7) is 0. The first-order chi connectivity index (χ1) is 6.02. The van der Waals surface area contributed by atoms with Crippen molar-refractivity contribution >= 4 is 63.0 Å². The van der Waals surface area contributed by atoms with Crippen molar-refractivity contribution in [2.45, 2.75) is 0 Å². The summed E-state index contributed by atoms with van der Waals surface area (Å²) in [4.78, 5) is 19.8. The van der Waals surface area contributed by atoms with Crippen LogP contribution in [0.5, 0.6) is 0 Å². The number of carbonyl (C=O) groups is 1. The molecule has 0 saturated carbocycles. The number of aromatic carboxylic acids is 1. The van der Waals surface area contributed by atoms with Crippen molar-refractivity contribution in [2.24, 2.45) is 0 Å². The summed E-state index contributed by atoms with van der Waals surface area (Å²) in [6, 6.07) is 2.27. The molecule has 0 unspecified atom stereocenters. The van der Waals surface area contributed by atoms with Gasteiger partial charge in [0.05, 0.1) is 4.92 Å². The van der Waals surface area contributed by atoms with Gasteiger partial charge in [0.2, 0.25) is 0 Å². The molecule has 0 saturated heterocycles. The van der Waals surface area contributed by atoms with Gasteiger partial charge in [0.25, 0.3) is 5.69 Å². The van der Waals surface area contributed by atoms with Gasteiger partial charge < -0.3 is 5.11 Å². The van der Waals surface area contributed by atoms with Gasteiger partial charge in [0.15, 0.2) is 0 Å². The van der Waals surface area contributed by atoms with Crippen molar-refractivity contribution < 1.29 is 19.2 Å². The quantitative estimate of drug-likeness (QED) is 0.458. The zero-order valence-electron chi connectivity index (χ0n) is 6.23. The van der Waals surface area contributed by atoms with E-state index in [1.54, 1.807) is 0 Å². The van der Waals surface area contributed by atoms with Gasteiger partial charge in [-0.2, -0.15) is 0 Å². The minimum absolute atomic E-state index is 0. The summed E-state index contributed by atoms with van der Waals surface area (Å²) in [6.07, 6.45) is 0. The number of nitro benzene ring substituents is 1. The molecular weight excluding hydrogens is 220 g/mol. The average Bonchev–Trinajstić information content (AvgIpc) is 2.03. The molecule has 0 heterocycles. The van der Waals surface area contributed by atoms with E-state index in [1.165, 1.54) is 0 Å². The van der Waals surface area contributed by atoms with E-state index < -0.39 is 28.0 Å². The first-order valence-corrected chi connectivity index (χ1v) is 3.19.